The van der Waals surface area contributed by atoms with Crippen molar-refractivity contribution in [2.45, 2.75) is 18.9 Å². The SMILES string of the molecule is NS(=O)(=O)Nc1ccc(-c2nnnn2C2CC2)cc1. The van der Waals surface area contributed by atoms with Crippen LogP contribution < -0.4 is 9.86 Å². The highest BCUT2D eigenvalue weighted by molar-refractivity contribution is 7.90. The Bertz CT molecular complexity index is 689. The van der Waals surface area contributed by atoms with Crippen LogP contribution in [0.5, 0.6) is 0 Å². The standard InChI is InChI=1S/C10H12N6O2S/c11-19(17,18)13-8-3-1-7(2-4-8)10-12-14-15-16(10)9-5-6-9/h1-4,9,13H,5-6H2,(H2,11,17,18). The largest absolute Gasteiger partial charge is 0.296 e. The van der Waals surface area contributed by atoms with Gasteiger partial charge in [0, 0.05) is 11.3 Å². The minimum atomic E-state index is -3.75. The summed E-state index contributed by atoms with van der Waals surface area (Å²) in [6, 6.07) is 7.11. The molecule has 1 aliphatic rings. The van der Waals surface area contributed by atoms with Crippen LogP contribution in [-0.4, -0.2) is 28.6 Å². The molecule has 0 saturated heterocycles. The summed E-state index contributed by atoms with van der Waals surface area (Å²) >= 11 is 0. The highest BCUT2D eigenvalue weighted by Crippen LogP contribution is 2.36. The van der Waals surface area contributed by atoms with Gasteiger partial charge in [0.2, 0.25) is 0 Å². The first kappa shape index (κ1) is 12.1. The van der Waals surface area contributed by atoms with E-state index in [1.165, 1.54) is 0 Å². The average molecular weight is 280 g/mol. The molecular weight excluding hydrogens is 268 g/mol. The van der Waals surface area contributed by atoms with E-state index in [2.05, 4.69) is 20.2 Å². The summed E-state index contributed by atoms with van der Waals surface area (Å²) in [5.74, 6) is 0.685. The van der Waals surface area contributed by atoms with Crippen molar-refractivity contribution in [1.82, 2.24) is 20.2 Å². The zero-order chi connectivity index (χ0) is 13.5. The Morgan fingerprint density at radius 1 is 1.26 bits per heavy atom. The molecule has 100 valence electrons. The smallest absolute Gasteiger partial charge is 0.271 e. The zero-order valence-electron chi connectivity index (χ0n) is 9.89. The molecule has 9 heteroatoms. The first-order valence-electron chi connectivity index (χ1n) is 5.72. The van der Waals surface area contributed by atoms with E-state index in [-0.39, 0.29) is 0 Å². The highest BCUT2D eigenvalue weighted by atomic mass is 32.2. The van der Waals surface area contributed by atoms with E-state index in [0.717, 1.165) is 18.4 Å². The molecular formula is C10H12N6O2S. The van der Waals surface area contributed by atoms with E-state index in [4.69, 9.17) is 5.14 Å². The second-order valence-electron chi connectivity index (χ2n) is 4.40. The number of nitrogens with one attached hydrogen (secondary N) is 1. The average Bonchev–Trinajstić information content (AvgIpc) is 3.06. The lowest BCUT2D eigenvalue weighted by molar-refractivity contribution is 0.603. The topological polar surface area (TPSA) is 116 Å². The van der Waals surface area contributed by atoms with Gasteiger partial charge in [0.25, 0.3) is 10.2 Å². The van der Waals surface area contributed by atoms with Crippen molar-refractivity contribution < 1.29 is 8.42 Å². The maximum Gasteiger partial charge on any atom is 0.296 e. The molecule has 1 aromatic heterocycles. The predicted molar refractivity (Wildman–Crippen MR) is 68.3 cm³/mol. The fourth-order valence-corrected chi connectivity index (χ4v) is 2.26. The van der Waals surface area contributed by atoms with Crippen LogP contribution in [0.1, 0.15) is 18.9 Å². The Labute approximate surface area is 109 Å². The zero-order valence-corrected chi connectivity index (χ0v) is 10.7. The number of benzene rings is 1. The third-order valence-electron chi connectivity index (χ3n) is 2.79. The maximum atomic E-state index is 10.9. The van der Waals surface area contributed by atoms with Gasteiger partial charge in [-0.25, -0.2) is 9.82 Å². The fraction of sp³-hybridized carbons (Fsp3) is 0.300. The van der Waals surface area contributed by atoms with Gasteiger partial charge in [0.15, 0.2) is 5.82 Å². The molecule has 1 heterocycles. The molecule has 0 amide bonds. The Kier molecular flexibility index (Phi) is 2.72. The van der Waals surface area contributed by atoms with Crippen molar-refractivity contribution in [2.24, 2.45) is 5.14 Å². The summed E-state index contributed by atoms with van der Waals surface area (Å²) < 4.78 is 25.8. The number of rotatable bonds is 4. The molecule has 1 saturated carbocycles. The lowest BCUT2D eigenvalue weighted by atomic mass is 10.2. The molecule has 0 bridgehead atoms. The molecule has 1 aliphatic carbocycles. The van der Waals surface area contributed by atoms with Crippen molar-refractivity contribution in [3.8, 4) is 11.4 Å². The molecule has 1 aromatic carbocycles. The van der Waals surface area contributed by atoms with Crippen LogP contribution in [0, 0.1) is 0 Å². The van der Waals surface area contributed by atoms with E-state index in [1.807, 2.05) is 0 Å². The molecule has 1 fully saturated rings. The maximum absolute atomic E-state index is 10.9. The lowest BCUT2D eigenvalue weighted by Gasteiger charge is -2.05. The van der Waals surface area contributed by atoms with Crippen LogP contribution >= 0.6 is 0 Å². The molecule has 3 rings (SSSR count). The molecule has 0 spiro atoms. The third kappa shape index (κ3) is 2.71. The Morgan fingerprint density at radius 2 is 1.95 bits per heavy atom. The number of anilines is 1. The first-order valence-corrected chi connectivity index (χ1v) is 7.26. The fourth-order valence-electron chi connectivity index (χ4n) is 1.80. The number of nitrogens with two attached hydrogens (primary N) is 1. The van der Waals surface area contributed by atoms with E-state index in [1.54, 1.807) is 28.9 Å². The van der Waals surface area contributed by atoms with Gasteiger partial charge in [-0.2, -0.15) is 8.42 Å². The molecule has 2 aromatic rings. The van der Waals surface area contributed by atoms with Crippen molar-refractivity contribution in [1.29, 1.82) is 0 Å². The first-order chi connectivity index (χ1) is 9.03. The number of aromatic nitrogens is 4. The third-order valence-corrected chi connectivity index (χ3v) is 3.31. The van der Waals surface area contributed by atoms with Gasteiger partial charge >= 0.3 is 0 Å². The van der Waals surface area contributed by atoms with Crippen molar-refractivity contribution in [3.05, 3.63) is 24.3 Å². The number of hydrogen-bond acceptors (Lipinski definition) is 5. The van der Waals surface area contributed by atoms with Gasteiger partial charge in [-0.15, -0.1) is 5.10 Å². The summed E-state index contributed by atoms with van der Waals surface area (Å²) in [4.78, 5) is 0. The van der Waals surface area contributed by atoms with Crippen LogP contribution in [0.2, 0.25) is 0 Å². The van der Waals surface area contributed by atoms with Crippen molar-refractivity contribution in [2.75, 3.05) is 4.72 Å². The molecule has 0 aliphatic heterocycles. The summed E-state index contributed by atoms with van der Waals surface area (Å²) in [5, 5.41) is 16.5. The lowest BCUT2D eigenvalue weighted by Crippen LogP contribution is -2.21. The summed E-state index contributed by atoms with van der Waals surface area (Å²) in [6.07, 6.45) is 2.17. The normalized spacial score (nSPS) is 15.4. The van der Waals surface area contributed by atoms with Crippen molar-refractivity contribution in [3.63, 3.8) is 0 Å². The summed E-state index contributed by atoms with van der Waals surface area (Å²) in [5.41, 5.74) is 1.23. The molecule has 8 nitrogen and oxygen atoms in total. The van der Waals surface area contributed by atoms with Gasteiger partial charge in [-0.3, -0.25) is 4.72 Å². The Balaban J connectivity index is 1.88. The van der Waals surface area contributed by atoms with E-state index >= 15 is 0 Å². The van der Waals surface area contributed by atoms with Gasteiger partial charge in [0.05, 0.1) is 6.04 Å². The van der Waals surface area contributed by atoms with Crippen LogP contribution in [0.4, 0.5) is 5.69 Å². The minimum Gasteiger partial charge on any atom is -0.271 e. The van der Waals surface area contributed by atoms with Gasteiger partial charge in [-0.05, 0) is 47.5 Å². The van der Waals surface area contributed by atoms with Crippen LogP contribution in [0.15, 0.2) is 24.3 Å². The number of hydrogen-bond donors (Lipinski definition) is 2. The van der Waals surface area contributed by atoms with Crippen LogP contribution in [-0.2, 0) is 10.2 Å². The van der Waals surface area contributed by atoms with E-state index < -0.39 is 10.2 Å². The van der Waals surface area contributed by atoms with Gasteiger partial charge in [-0.1, -0.05) is 0 Å². The van der Waals surface area contributed by atoms with Gasteiger partial charge < -0.3 is 0 Å². The molecule has 3 N–H and O–H groups in total. The second-order valence-corrected chi connectivity index (χ2v) is 5.70. The number of tetrazole rings is 1. The monoisotopic (exact) mass is 280 g/mol. The van der Waals surface area contributed by atoms with Crippen molar-refractivity contribution >= 4 is 15.9 Å². The van der Waals surface area contributed by atoms with E-state index in [0.29, 0.717) is 17.6 Å². The van der Waals surface area contributed by atoms with Crippen LogP contribution in [0.3, 0.4) is 0 Å². The molecule has 0 unspecified atom stereocenters. The van der Waals surface area contributed by atoms with Gasteiger partial charge in [0.1, 0.15) is 0 Å². The quantitative estimate of drug-likeness (QED) is 0.835. The van der Waals surface area contributed by atoms with E-state index in [9.17, 15) is 8.42 Å². The molecule has 0 atom stereocenters. The molecule has 19 heavy (non-hydrogen) atoms. The summed E-state index contributed by atoms with van der Waals surface area (Å²) in [7, 11) is -3.75. The summed E-state index contributed by atoms with van der Waals surface area (Å²) in [6.45, 7) is 0. The van der Waals surface area contributed by atoms with Crippen LogP contribution in [0.25, 0.3) is 11.4 Å². The second kappa shape index (κ2) is 4.28. The number of nitrogens with zero attached hydrogens (tertiary/aromatic N) is 4. The Hall–Kier alpha value is -2.00. The Morgan fingerprint density at radius 3 is 2.53 bits per heavy atom. The molecule has 0 radical (unpaired) electrons. The predicted octanol–water partition coefficient (Wildman–Crippen LogP) is 0.290. The highest BCUT2D eigenvalue weighted by Gasteiger charge is 2.28. The minimum absolute atomic E-state index is 0.382.